The van der Waals surface area contributed by atoms with Gasteiger partial charge in [0.2, 0.25) is 0 Å². The second kappa shape index (κ2) is 8.97. The summed E-state index contributed by atoms with van der Waals surface area (Å²) in [6.07, 6.45) is 1.82. The fourth-order valence-corrected chi connectivity index (χ4v) is 3.79. The summed E-state index contributed by atoms with van der Waals surface area (Å²) in [7, 11) is 0. The first kappa shape index (κ1) is 21.2. The third kappa shape index (κ3) is 4.51. The van der Waals surface area contributed by atoms with E-state index in [1.54, 1.807) is 12.3 Å². The highest BCUT2D eigenvalue weighted by atomic mass is 19.3. The van der Waals surface area contributed by atoms with Crippen molar-refractivity contribution in [1.82, 2.24) is 14.4 Å². The van der Waals surface area contributed by atoms with Crippen LogP contribution >= 0.6 is 0 Å². The van der Waals surface area contributed by atoms with Crippen molar-refractivity contribution in [3.05, 3.63) is 53.7 Å². The molecule has 0 bridgehead atoms. The van der Waals surface area contributed by atoms with Crippen LogP contribution in [0.5, 0.6) is 5.75 Å². The third-order valence-corrected chi connectivity index (χ3v) is 5.37. The summed E-state index contributed by atoms with van der Waals surface area (Å²) in [5, 5.41) is 2.73. The van der Waals surface area contributed by atoms with Gasteiger partial charge in [0.05, 0.1) is 12.3 Å². The van der Waals surface area contributed by atoms with Crippen molar-refractivity contribution in [3.63, 3.8) is 0 Å². The number of nitrogens with zero attached hydrogens (tertiary/aromatic N) is 3. The quantitative estimate of drug-likeness (QED) is 0.625. The van der Waals surface area contributed by atoms with Crippen molar-refractivity contribution in [2.75, 3.05) is 25.1 Å². The molecule has 1 fully saturated rings. The van der Waals surface area contributed by atoms with Crippen molar-refractivity contribution in [2.45, 2.75) is 32.6 Å². The average molecular weight is 430 g/mol. The van der Waals surface area contributed by atoms with Crippen LogP contribution in [0.25, 0.3) is 5.65 Å². The Bertz CT molecular complexity index is 1090. The van der Waals surface area contributed by atoms with Gasteiger partial charge in [-0.05, 0) is 31.4 Å². The van der Waals surface area contributed by atoms with E-state index in [1.807, 2.05) is 17.5 Å². The zero-order valence-corrected chi connectivity index (χ0v) is 17.3. The molecule has 1 aliphatic heterocycles. The van der Waals surface area contributed by atoms with Crippen LogP contribution < -0.4 is 10.1 Å². The molecular formula is C22H24F2N4O3. The molecule has 7 nitrogen and oxygen atoms in total. The summed E-state index contributed by atoms with van der Waals surface area (Å²) in [6, 6.07) is 5.72. The zero-order valence-electron chi connectivity index (χ0n) is 17.3. The zero-order chi connectivity index (χ0) is 22.0. The summed E-state index contributed by atoms with van der Waals surface area (Å²) < 4.78 is 38.9. The van der Waals surface area contributed by atoms with Gasteiger partial charge in [-0.15, -0.1) is 0 Å². The molecule has 1 N–H and O–H groups in total. The molecule has 1 saturated heterocycles. The number of hydrogen-bond acceptors (Lipinski definition) is 5. The van der Waals surface area contributed by atoms with Gasteiger partial charge in [-0.2, -0.15) is 0 Å². The molecule has 1 aliphatic rings. The van der Waals surface area contributed by atoms with Crippen LogP contribution in [0.15, 0.2) is 36.7 Å². The van der Waals surface area contributed by atoms with Crippen LogP contribution in [-0.4, -0.2) is 40.1 Å². The minimum Gasteiger partial charge on any atom is -0.491 e. The molecule has 0 aromatic carbocycles. The van der Waals surface area contributed by atoms with Crippen LogP contribution in [0.2, 0.25) is 0 Å². The number of rotatable bonds is 6. The molecule has 9 heteroatoms. The minimum atomic E-state index is -2.75. The lowest BCUT2D eigenvalue weighted by Gasteiger charge is -2.27. The number of anilines is 1. The van der Waals surface area contributed by atoms with Gasteiger partial charge < -0.3 is 19.2 Å². The summed E-state index contributed by atoms with van der Waals surface area (Å²) in [4.78, 5) is 21.2. The Morgan fingerprint density at radius 2 is 2.19 bits per heavy atom. The lowest BCUT2D eigenvalue weighted by molar-refractivity contribution is 0.0464. The Hall–Kier alpha value is -3.07. The summed E-state index contributed by atoms with van der Waals surface area (Å²) in [5.74, 6) is 0.507. The van der Waals surface area contributed by atoms with Crippen molar-refractivity contribution >= 4 is 17.2 Å². The fourth-order valence-electron chi connectivity index (χ4n) is 3.79. The summed E-state index contributed by atoms with van der Waals surface area (Å²) in [6.45, 7) is 5.78. The maximum atomic E-state index is 12.9. The molecule has 4 heterocycles. The average Bonchev–Trinajstić information content (AvgIpc) is 3.17. The van der Waals surface area contributed by atoms with E-state index in [9.17, 15) is 13.6 Å². The molecular weight excluding hydrogens is 406 g/mol. The number of fused-ring (bicyclic) bond motifs is 1. The molecule has 1 amide bonds. The Morgan fingerprint density at radius 1 is 1.35 bits per heavy atom. The summed E-state index contributed by atoms with van der Waals surface area (Å²) >= 11 is 0. The van der Waals surface area contributed by atoms with E-state index in [0.29, 0.717) is 48.7 Å². The number of alkyl halides is 2. The normalized spacial score (nSPS) is 19.0. The fraction of sp³-hybridized carbons (Fsp3) is 0.409. The standard InChI is InChI=1S/C22H24F2N4O3/c1-3-31-19-9-20-26-17(14-7-8-30-12-13(14)2)10-28(20)11-18(19)27-22(29)16-6-4-5-15(25-16)21(23)24/h4-6,9-11,13-14,21H,3,7-8,12H2,1-2H3,(H,27,29)/t13-,14-/m0/s1. The van der Waals surface area contributed by atoms with Gasteiger partial charge >= 0.3 is 0 Å². The lowest BCUT2D eigenvalue weighted by atomic mass is 9.88. The number of amides is 1. The highest BCUT2D eigenvalue weighted by Gasteiger charge is 2.26. The first-order chi connectivity index (χ1) is 15.0. The number of ether oxygens (including phenoxy) is 2. The van der Waals surface area contributed by atoms with Gasteiger partial charge in [0.1, 0.15) is 28.5 Å². The first-order valence-electron chi connectivity index (χ1n) is 10.3. The van der Waals surface area contributed by atoms with E-state index >= 15 is 0 Å². The van der Waals surface area contributed by atoms with E-state index < -0.39 is 18.0 Å². The van der Waals surface area contributed by atoms with Crippen LogP contribution in [-0.2, 0) is 4.74 Å². The molecule has 2 atom stereocenters. The van der Waals surface area contributed by atoms with Crippen molar-refractivity contribution in [1.29, 1.82) is 0 Å². The summed E-state index contributed by atoms with van der Waals surface area (Å²) in [5.41, 5.74) is 1.54. The van der Waals surface area contributed by atoms with Crippen LogP contribution in [0, 0.1) is 5.92 Å². The molecule has 164 valence electrons. The van der Waals surface area contributed by atoms with E-state index in [0.717, 1.165) is 12.1 Å². The van der Waals surface area contributed by atoms with Gasteiger partial charge in [0.15, 0.2) is 0 Å². The Balaban J connectivity index is 1.65. The largest absolute Gasteiger partial charge is 0.491 e. The SMILES string of the molecule is CCOc1cc2nc([C@H]3CCOC[C@@H]3C)cn2cc1NC(=O)c1cccc(C(F)F)n1. The Labute approximate surface area is 178 Å². The van der Waals surface area contributed by atoms with Crippen molar-refractivity contribution in [3.8, 4) is 5.75 Å². The van der Waals surface area contributed by atoms with Crippen LogP contribution in [0.3, 0.4) is 0 Å². The molecule has 0 aliphatic carbocycles. The number of nitrogens with one attached hydrogen (secondary N) is 1. The Kier molecular flexibility index (Phi) is 6.13. The number of pyridine rings is 2. The van der Waals surface area contributed by atoms with E-state index in [4.69, 9.17) is 14.5 Å². The maximum Gasteiger partial charge on any atom is 0.280 e. The van der Waals surface area contributed by atoms with Gasteiger partial charge in [0, 0.05) is 37.6 Å². The predicted molar refractivity (Wildman–Crippen MR) is 111 cm³/mol. The molecule has 0 spiro atoms. The molecule has 0 unspecified atom stereocenters. The molecule has 4 rings (SSSR count). The lowest BCUT2D eigenvalue weighted by Crippen LogP contribution is -2.23. The van der Waals surface area contributed by atoms with Crippen LogP contribution in [0.4, 0.5) is 14.5 Å². The highest BCUT2D eigenvalue weighted by molar-refractivity contribution is 6.03. The van der Waals surface area contributed by atoms with Gasteiger partial charge in [-0.25, -0.2) is 18.7 Å². The number of aromatic nitrogens is 3. The van der Waals surface area contributed by atoms with Gasteiger partial charge in [-0.3, -0.25) is 4.79 Å². The number of imidazole rings is 1. The molecule has 3 aromatic rings. The Morgan fingerprint density at radius 3 is 2.94 bits per heavy atom. The van der Waals surface area contributed by atoms with E-state index in [-0.39, 0.29) is 5.69 Å². The molecule has 0 radical (unpaired) electrons. The van der Waals surface area contributed by atoms with E-state index in [1.165, 1.54) is 18.2 Å². The molecule has 31 heavy (non-hydrogen) atoms. The highest BCUT2D eigenvalue weighted by Crippen LogP contribution is 2.33. The number of halogens is 2. The number of hydrogen-bond donors (Lipinski definition) is 1. The van der Waals surface area contributed by atoms with Gasteiger partial charge in [0.25, 0.3) is 12.3 Å². The number of carbonyl (C=O) groups is 1. The van der Waals surface area contributed by atoms with Crippen molar-refractivity contribution < 1.29 is 23.0 Å². The maximum absolute atomic E-state index is 12.9. The number of carbonyl (C=O) groups excluding carboxylic acids is 1. The van der Waals surface area contributed by atoms with Crippen LogP contribution in [0.1, 0.15) is 54.5 Å². The third-order valence-electron chi connectivity index (χ3n) is 5.37. The van der Waals surface area contributed by atoms with E-state index in [2.05, 4.69) is 17.2 Å². The van der Waals surface area contributed by atoms with Gasteiger partial charge in [-0.1, -0.05) is 13.0 Å². The second-order valence-corrected chi connectivity index (χ2v) is 7.57. The monoisotopic (exact) mass is 430 g/mol. The second-order valence-electron chi connectivity index (χ2n) is 7.57. The topological polar surface area (TPSA) is 77.8 Å². The molecule has 0 saturated carbocycles. The first-order valence-corrected chi connectivity index (χ1v) is 10.3. The molecule has 3 aromatic heterocycles. The smallest absolute Gasteiger partial charge is 0.280 e. The predicted octanol–water partition coefficient (Wildman–Crippen LogP) is 4.46. The van der Waals surface area contributed by atoms with Crippen molar-refractivity contribution in [2.24, 2.45) is 5.92 Å². The minimum absolute atomic E-state index is 0.0947.